The first kappa shape index (κ1) is 17.6. The van der Waals surface area contributed by atoms with Gasteiger partial charge in [-0.3, -0.25) is 4.90 Å². The molecule has 0 aliphatic rings. The van der Waals surface area contributed by atoms with Gasteiger partial charge in [-0.25, -0.2) is 12.8 Å². The zero-order valence-electron chi connectivity index (χ0n) is 13.6. The molecule has 0 saturated carbocycles. The molecule has 0 unspecified atom stereocenters. The fraction of sp³-hybridized carbons (Fsp3) is 0.467. The molecule has 0 N–H and O–H groups in total. The van der Waals surface area contributed by atoms with Crippen molar-refractivity contribution in [2.75, 3.05) is 19.1 Å². The Morgan fingerprint density at radius 1 is 1.39 bits per heavy atom. The second kappa shape index (κ2) is 6.76. The highest BCUT2D eigenvalue weighted by Crippen LogP contribution is 2.19. The van der Waals surface area contributed by atoms with Gasteiger partial charge in [0.25, 0.3) is 0 Å². The van der Waals surface area contributed by atoms with E-state index in [1.165, 1.54) is 12.3 Å². The second-order valence-electron chi connectivity index (χ2n) is 5.83. The van der Waals surface area contributed by atoms with E-state index < -0.39 is 9.84 Å². The third-order valence-electron chi connectivity index (χ3n) is 3.58. The highest BCUT2D eigenvalue weighted by molar-refractivity contribution is 7.90. The van der Waals surface area contributed by atoms with Crippen molar-refractivity contribution in [3.8, 4) is 11.4 Å². The minimum atomic E-state index is -3.06. The Balaban J connectivity index is 2.08. The first-order chi connectivity index (χ1) is 10.7. The number of aryl methyl sites for hydroxylation is 1. The largest absolute Gasteiger partial charge is 0.338 e. The molecular formula is C15H20FN3O3S. The Hall–Kier alpha value is -1.80. The van der Waals surface area contributed by atoms with Crippen molar-refractivity contribution in [1.29, 1.82) is 0 Å². The zero-order valence-corrected chi connectivity index (χ0v) is 14.4. The molecule has 0 bridgehead atoms. The molecule has 126 valence electrons. The van der Waals surface area contributed by atoms with E-state index in [9.17, 15) is 12.8 Å². The minimum absolute atomic E-state index is 0.0493. The summed E-state index contributed by atoms with van der Waals surface area (Å²) < 4.78 is 41.4. The van der Waals surface area contributed by atoms with Crippen LogP contribution in [0.5, 0.6) is 0 Å². The van der Waals surface area contributed by atoms with Crippen molar-refractivity contribution in [1.82, 2.24) is 15.0 Å². The normalized spacial score (nSPS) is 13.5. The van der Waals surface area contributed by atoms with E-state index in [4.69, 9.17) is 4.52 Å². The van der Waals surface area contributed by atoms with Gasteiger partial charge in [-0.15, -0.1) is 0 Å². The lowest BCUT2D eigenvalue weighted by atomic mass is 10.1. The van der Waals surface area contributed by atoms with E-state index in [1.54, 1.807) is 26.1 Å². The van der Waals surface area contributed by atoms with E-state index in [1.807, 2.05) is 11.8 Å². The predicted octanol–water partition coefficient (Wildman–Crippen LogP) is 2.05. The fourth-order valence-corrected chi connectivity index (χ4v) is 3.23. The van der Waals surface area contributed by atoms with Crippen LogP contribution in [0.2, 0.25) is 0 Å². The number of sulfone groups is 1. The lowest BCUT2D eigenvalue weighted by Gasteiger charge is -2.21. The maximum atomic E-state index is 13.6. The van der Waals surface area contributed by atoms with E-state index in [0.29, 0.717) is 29.4 Å². The summed E-state index contributed by atoms with van der Waals surface area (Å²) in [6, 6.07) is 4.56. The highest BCUT2D eigenvalue weighted by Gasteiger charge is 2.18. The SMILES string of the molecule is Cc1ccc(-c2noc(CN(C)[C@@H](C)CS(C)(=O)=O)n2)cc1F. The molecule has 1 aromatic heterocycles. The van der Waals surface area contributed by atoms with Crippen LogP contribution >= 0.6 is 0 Å². The Bertz CT molecular complexity index is 789. The maximum Gasteiger partial charge on any atom is 0.241 e. The molecule has 6 nitrogen and oxygen atoms in total. The molecule has 0 aliphatic carbocycles. The van der Waals surface area contributed by atoms with Crippen LogP contribution < -0.4 is 0 Å². The smallest absolute Gasteiger partial charge is 0.241 e. The molecular weight excluding hydrogens is 321 g/mol. The van der Waals surface area contributed by atoms with Crippen LogP contribution in [0, 0.1) is 12.7 Å². The van der Waals surface area contributed by atoms with Gasteiger partial charge in [-0.05, 0) is 32.5 Å². The van der Waals surface area contributed by atoms with E-state index in [2.05, 4.69) is 10.1 Å². The molecule has 2 rings (SSSR count). The summed E-state index contributed by atoms with van der Waals surface area (Å²) in [7, 11) is -1.27. The Labute approximate surface area is 135 Å². The summed E-state index contributed by atoms with van der Waals surface area (Å²) in [6.45, 7) is 3.81. The average molecular weight is 341 g/mol. The zero-order chi connectivity index (χ0) is 17.2. The van der Waals surface area contributed by atoms with Gasteiger partial charge in [0.2, 0.25) is 11.7 Å². The third kappa shape index (κ3) is 4.84. The monoisotopic (exact) mass is 341 g/mol. The van der Waals surface area contributed by atoms with Crippen molar-refractivity contribution in [3.05, 3.63) is 35.5 Å². The molecule has 0 spiro atoms. The summed E-state index contributed by atoms with van der Waals surface area (Å²) in [5.41, 5.74) is 1.08. The molecule has 0 radical (unpaired) electrons. The molecule has 0 aliphatic heterocycles. The number of halogens is 1. The highest BCUT2D eigenvalue weighted by atomic mass is 32.2. The van der Waals surface area contributed by atoms with Crippen LogP contribution in [-0.2, 0) is 16.4 Å². The Morgan fingerprint density at radius 3 is 2.70 bits per heavy atom. The second-order valence-corrected chi connectivity index (χ2v) is 8.02. The van der Waals surface area contributed by atoms with Gasteiger partial charge in [-0.2, -0.15) is 4.98 Å². The van der Waals surface area contributed by atoms with Crippen LogP contribution in [-0.4, -0.2) is 48.6 Å². The third-order valence-corrected chi connectivity index (χ3v) is 4.67. The lowest BCUT2D eigenvalue weighted by molar-refractivity contribution is 0.227. The number of benzene rings is 1. The Morgan fingerprint density at radius 2 is 2.09 bits per heavy atom. The van der Waals surface area contributed by atoms with Crippen molar-refractivity contribution < 1.29 is 17.3 Å². The standard InChI is InChI=1S/C15H20FN3O3S/c1-10-5-6-12(7-13(10)16)15-17-14(22-18-15)8-19(3)11(2)9-23(4,20)21/h5-7,11H,8-9H2,1-4H3/t11-/m0/s1. The molecule has 0 saturated heterocycles. The molecule has 1 heterocycles. The van der Waals surface area contributed by atoms with Gasteiger partial charge >= 0.3 is 0 Å². The molecule has 1 atom stereocenters. The van der Waals surface area contributed by atoms with Crippen molar-refractivity contribution in [3.63, 3.8) is 0 Å². The van der Waals surface area contributed by atoms with Crippen LogP contribution in [0.3, 0.4) is 0 Å². The number of rotatable bonds is 6. The summed E-state index contributed by atoms with van der Waals surface area (Å²) in [6.07, 6.45) is 1.20. The number of nitrogens with zero attached hydrogens (tertiary/aromatic N) is 3. The molecule has 1 aromatic carbocycles. The summed E-state index contributed by atoms with van der Waals surface area (Å²) in [5, 5.41) is 3.85. The van der Waals surface area contributed by atoms with Gasteiger partial charge in [0.15, 0.2) is 0 Å². The number of hydrogen-bond donors (Lipinski definition) is 0. The van der Waals surface area contributed by atoms with E-state index in [0.717, 1.165) is 0 Å². The quantitative estimate of drug-likeness (QED) is 0.800. The number of aromatic nitrogens is 2. The minimum Gasteiger partial charge on any atom is -0.338 e. The molecule has 0 amide bonds. The van der Waals surface area contributed by atoms with Gasteiger partial charge in [0.05, 0.1) is 12.3 Å². The lowest BCUT2D eigenvalue weighted by Crippen LogP contribution is -2.34. The van der Waals surface area contributed by atoms with Crippen molar-refractivity contribution in [2.24, 2.45) is 0 Å². The van der Waals surface area contributed by atoms with Gasteiger partial charge < -0.3 is 4.52 Å². The molecule has 23 heavy (non-hydrogen) atoms. The fourth-order valence-electron chi connectivity index (χ4n) is 2.10. The molecule has 0 fully saturated rings. The van der Waals surface area contributed by atoms with Crippen molar-refractivity contribution >= 4 is 9.84 Å². The summed E-state index contributed by atoms with van der Waals surface area (Å²) >= 11 is 0. The number of hydrogen-bond acceptors (Lipinski definition) is 6. The van der Waals surface area contributed by atoms with E-state index >= 15 is 0 Å². The van der Waals surface area contributed by atoms with Gasteiger partial charge in [0.1, 0.15) is 15.7 Å². The van der Waals surface area contributed by atoms with Crippen LogP contribution in [0.25, 0.3) is 11.4 Å². The van der Waals surface area contributed by atoms with Gasteiger partial charge in [0, 0.05) is 17.9 Å². The summed E-state index contributed by atoms with van der Waals surface area (Å²) in [4.78, 5) is 6.05. The first-order valence-corrected chi connectivity index (χ1v) is 9.19. The van der Waals surface area contributed by atoms with Crippen LogP contribution in [0.4, 0.5) is 4.39 Å². The maximum absolute atomic E-state index is 13.6. The van der Waals surface area contributed by atoms with Crippen LogP contribution in [0.1, 0.15) is 18.4 Å². The van der Waals surface area contributed by atoms with E-state index in [-0.39, 0.29) is 17.6 Å². The Kier molecular flexibility index (Phi) is 5.16. The predicted molar refractivity (Wildman–Crippen MR) is 85.1 cm³/mol. The molecule has 2 aromatic rings. The molecule has 8 heteroatoms. The summed E-state index contributed by atoms with van der Waals surface area (Å²) in [5.74, 6) is 0.382. The van der Waals surface area contributed by atoms with Crippen molar-refractivity contribution in [2.45, 2.75) is 26.4 Å². The first-order valence-electron chi connectivity index (χ1n) is 7.13. The van der Waals surface area contributed by atoms with Gasteiger partial charge in [-0.1, -0.05) is 17.3 Å². The van der Waals surface area contributed by atoms with Crippen LogP contribution in [0.15, 0.2) is 22.7 Å². The average Bonchev–Trinajstić information content (AvgIpc) is 2.88. The topological polar surface area (TPSA) is 76.3 Å².